The monoisotopic (exact) mass is 303 g/mol. The van der Waals surface area contributed by atoms with Crippen LogP contribution in [0.3, 0.4) is 0 Å². The molecular weight excluding hydrogens is 286 g/mol. The highest BCUT2D eigenvalue weighted by Crippen LogP contribution is 2.13. The number of benzene rings is 1. The molecule has 0 saturated heterocycles. The van der Waals surface area contributed by atoms with E-state index in [2.05, 4.69) is 15.3 Å². The molecule has 3 aromatic rings. The summed E-state index contributed by atoms with van der Waals surface area (Å²) >= 11 is 0. The number of aryl methyl sites for hydroxylation is 1. The number of hydrogen-bond acceptors (Lipinski definition) is 3. The van der Waals surface area contributed by atoms with E-state index in [4.69, 9.17) is 0 Å². The minimum atomic E-state index is -0.0723. The minimum Gasteiger partial charge on any atom is -0.348 e. The molecule has 0 bridgehead atoms. The topological polar surface area (TPSA) is 54.9 Å². The van der Waals surface area contributed by atoms with Crippen molar-refractivity contribution in [1.82, 2.24) is 15.3 Å². The summed E-state index contributed by atoms with van der Waals surface area (Å²) < 4.78 is 0. The van der Waals surface area contributed by atoms with Gasteiger partial charge in [-0.3, -0.25) is 14.8 Å². The van der Waals surface area contributed by atoms with Gasteiger partial charge in [0.2, 0.25) is 0 Å². The number of hydrogen-bond donors (Lipinski definition) is 1. The van der Waals surface area contributed by atoms with Gasteiger partial charge in [-0.25, -0.2) is 0 Å². The fourth-order valence-corrected chi connectivity index (χ4v) is 2.30. The van der Waals surface area contributed by atoms with E-state index < -0.39 is 0 Å². The van der Waals surface area contributed by atoms with Gasteiger partial charge in [-0.05, 0) is 42.3 Å². The lowest BCUT2D eigenvalue weighted by atomic mass is 10.1. The summed E-state index contributed by atoms with van der Waals surface area (Å²) in [6.07, 6.45) is 3.51. The van der Waals surface area contributed by atoms with Crippen molar-refractivity contribution in [2.45, 2.75) is 13.5 Å². The summed E-state index contributed by atoms with van der Waals surface area (Å²) in [6.45, 7) is 2.38. The van der Waals surface area contributed by atoms with E-state index in [1.165, 1.54) is 0 Å². The molecule has 0 saturated carbocycles. The van der Waals surface area contributed by atoms with Crippen molar-refractivity contribution in [3.8, 4) is 11.4 Å². The first-order valence-corrected chi connectivity index (χ1v) is 7.44. The molecule has 4 nitrogen and oxygen atoms in total. The molecule has 1 N–H and O–H groups in total. The van der Waals surface area contributed by atoms with E-state index in [9.17, 15) is 4.79 Å². The van der Waals surface area contributed by atoms with Crippen LogP contribution >= 0.6 is 0 Å². The van der Waals surface area contributed by atoms with E-state index in [0.29, 0.717) is 12.1 Å². The molecule has 0 unspecified atom stereocenters. The van der Waals surface area contributed by atoms with Crippen LogP contribution in [-0.2, 0) is 6.54 Å². The normalized spacial score (nSPS) is 10.3. The number of carbonyl (C=O) groups is 1. The van der Waals surface area contributed by atoms with Crippen LogP contribution < -0.4 is 5.32 Å². The van der Waals surface area contributed by atoms with Crippen molar-refractivity contribution in [2.24, 2.45) is 0 Å². The Morgan fingerprint density at radius 3 is 2.43 bits per heavy atom. The highest BCUT2D eigenvalue weighted by molar-refractivity contribution is 5.95. The summed E-state index contributed by atoms with van der Waals surface area (Å²) in [4.78, 5) is 20.9. The van der Waals surface area contributed by atoms with Crippen molar-refractivity contribution in [3.63, 3.8) is 0 Å². The molecule has 0 atom stereocenters. The van der Waals surface area contributed by atoms with E-state index >= 15 is 0 Å². The Bertz CT molecular complexity index is 798. The maximum atomic E-state index is 12.2. The molecule has 0 spiro atoms. The fourth-order valence-electron chi connectivity index (χ4n) is 2.30. The number of pyridine rings is 2. The molecule has 0 aliphatic rings. The highest BCUT2D eigenvalue weighted by atomic mass is 16.1. The van der Waals surface area contributed by atoms with Crippen LogP contribution in [-0.4, -0.2) is 15.9 Å². The number of aromatic nitrogens is 2. The van der Waals surface area contributed by atoms with Crippen LogP contribution in [0.2, 0.25) is 0 Å². The van der Waals surface area contributed by atoms with Gasteiger partial charge in [-0.2, -0.15) is 0 Å². The first-order chi connectivity index (χ1) is 11.2. The Kier molecular flexibility index (Phi) is 4.43. The molecule has 1 aromatic carbocycles. The molecule has 23 heavy (non-hydrogen) atoms. The van der Waals surface area contributed by atoms with Crippen LogP contribution in [0.5, 0.6) is 0 Å². The lowest BCUT2D eigenvalue weighted by Gasteiger charge is -2.08. The van der Waals surface area contributed by atoms with Gasteiger partial charge in [-0.1, -0.05) is 30.3 Å². The predicted octanol–water partition coefficient (Wildman–Crippen LogP) is 3.38. The Morgan fingerprint density at radius 1 is 0.957 bits per heavy atom. The molecule has 2 aromatic heterocycles. The second-order valence-electron chi connectivity index (χ2n) is 5.26. The van der Waals surface area contributed by atoms with Crippen LogP contribution in [0.1, 0.15) is 21.5 Å². The largest absolute Gasteiger partial charge is 0.348 e. The van der Waals surface area contributed by atoms with E-state index in [1.807, 2.05) is 61.5 Å². The van der Waals surface area contributed by atoms with Gasteiger partial charge in [0, 0.05) is 24.5 Å². The first kappa shape index (κ1) is 14.9. The molecule has 114 valence electrons. The van der Waals surface area contributed by atoms with E-state index in [0.717, 1.165) is 22.5 Å². The quantitative estimate of drug-likeness (QED) is 0.804. The van der Waals surface area contributed by atoms with Crippen molar-refractivity contribution in [1.29, 1.82) is 0 Å². The zero-order chi connectivity index (χ0) is 16.1. The van der Waals surface area contributed by atoms with Gasteiger partial charge in [0.25, 0.3) is 5.91 Å². The van der Waals surface area contributed by atoms with E-state index in [-0.39, 0.29) is 5.91 Å². The third-order valence-electron chi connectivity index (χ3n) is 3.59. The van der Waals surface area contributed by atoms with Crippen LogP contribution in [0.25, 0.3) is 11.4 Å². The molecule has 0 radical (unpaired) electrons. The number of carbonyl (C=O) groups excluding carboxylic acids is 1. The Balaban J connectivity index is 1.65. The maximum Gasteiger partial charge on any atom is 0.251 e. The lowest BCUT2D eigenvalue weighted by molar-refractivity contribution is 0.0950. The summed E-state index contributed by atoms with van der Waals surface area (Å²) in [5.41, 5.74) is 4.27. The maximum absolute atomic E-state index is 12.2. The summed E-state index contributed by atoms with van der Waals surface area (Å²) in [6, 6.07) is 17.1. The first-order valence-electron chi connectivity index (χ1n) is 7.44. The number of amides is 1. The second-order valence-corrected chi connectivity index (χ2v) is 5.26. The molecule has 1 amide bonds. The smallest absolute Gasteiger partial charge is 0.251 e. The molecule has 2 heterocycles. The fraction of sp³-hybridized carbons (Fsp3) is 0.105. The zero-order valence-electron chi connectivity index (χ0n) is 12.9. The molecule has 3 rings (SSSR count). The minimum absolute atomic E-state index is 0.0723. The highest BCUT2D eigenvalue weighted by Gasteiger charge is 2.08. The summed E-state index contributed by atoms with van der Waals surface area (Å²) in [5, 5.41) is 2.92. The van der Waals surface area contributed by atoms with Crippen LogP contribution in [0.15, 0.2) is 67.0 Å². The second kappa shape index (κ2) is 6.83. The van der Waals surface area contributed by atoms with Crippen LogP contribution in [0.4, 0.5) is 0 Å². The van der Waals surface area contributed by atoms with Gasteiger partial charge in [0.1, 0.15) is 0 Å². The number of rotatable bonds is 4. The van der Waals surface area contributed by atoms with Crippen molar-refractivity contribution in [2.75, 3.05) is 0 Å². The third-order valence-corrected chi connectivity index (χ3v) is 3.59. The standard InChI is InChI=1S/C19H17N3O/c1-14-6-2-3-7-16(14)19(23)22-13-15-9-10-18(21-12-15)17-8-4-5-11-20-17/h2-12H,13H2,1H3,(H,22,23). The average Bonchev–Trinajstić information content (AvgIpc) is 2.61. The van der Waals surface area contributed by atoms with Gasteiger partial charge in [0.05, 0.1) is 11.4 Å². The number of nitrogens with one attached hydrogen (secondary N) is 1. The third kappa shape index (κ3) is 3.61. The molecule has 0 aliphatic heterocycles. The average molecular weight is 303 g/mol. The predicted molar refractivity (Wildman–Crippen MR) is 89.8 cm³/mol. The van der Waals surface area contributed by atoms with Gasteiger partial charge in [0.15, 0.2) is 0 Å². The number of nitrogens with zero attached hydrogens (tertiary/aromatic N) is 2. The Morgan fingerprint density at radius 2 is 1.74 bits per heavy atom. The summed E-state index contributed by atoms with van der Waals surface area (Å²) in [5.74, 6) is -0.0723. The lowest BCUT2D eigenvalue weighted by Crippen LogP contribution is -2.23. The van der Waals surface area contributed by atoms with Crippen LogP contribution in [0, 0.1) is 6.92 Å². The zero-order valence-corrected chi connectivity index (χ0v) is 12.9. The Labute approximate surface area is 135 Å². The summed E-state index contributed by atoms with van der Waals surface area (Å²) in [7, 11) is 0. The Hall–Kier alpha value is -3.01. The molecule has 0 aliphatic carbocycles. The van der Waals surface area contributed by atoms with Crippen molar-refractivity contribution in [3.05, 3.63) is 83.7 Å². The SMILES string of the molecule is Cc1ccccc1C(=O)NCc1ccc(-c2ccccn2)nc1. The van der Waals surface area contributed by atoms with Crippen molar-refractivity contribution < 1.29 is 4.79 Å². The molecule has 4 heteroatoms. The van der Waals surface area contributed by atoms with E-state index in [1.54, 1.807) is 12.4 Å². The van der Waals surface area contributed by atoms with Gasteiger partial charge < -0.3 is 5.32 Å². The van der Waals surface area contributed by atoms with Crippen molar-refractivity contribution >= 4 is 5.91 Å². The molecular formula is C19H17N3O. The van der Waals surface area contributed by atoms with Gasteiger partial charge >= 0.3 is 0 Å². The molecule has 0 fully saturated rings. The van der Waals surface area contributed by atoms with Gasteiger partial charge in [-0.15, -0.1) is 0 Å².